The Morgan fingerprint density at radius 1 is 1.19 bits per heavy atom. The van der Waals surface area contributed by atoms with Crippen LogP contribution >= 0.6 is 11.6 Å². The van der Waals surface area contributed by atoms with Crippen molar-refractivity contribution in [1.29, 1.82) is 0 Å². The Hall–Kier alpha value is -2.50. The molecular weight excluding hydrogens is 468 g/mol. The van der Waals surface area contributed by atoms with E-state index < -0.39 is 31.9 Å². The number of carbonyl (C=O) groups excluding carboxylic acids is 1. The van der Waals surface area contributed by atoms with Crippen molar-refractivity contribution >= 4 is 48.9 Å². The molecule has 168 valence electrons. The van der Waals surface area contributed by atoms with Crippen LogP contribution in [0.5, 0.6) is 11.5 Å². The Morgan fingerprint density at radius 3 is 2.42 bits per heavy atom. The molecule has 1 aliphatic rings. The highest BCUT2D eigenvalue weighted by molar-refractivity contribution is 7.94. The molecule has 0 aliphatic carbocycles. The molecule has 9 nitrogen and oxygen atoms in total. The predicted molar refractivity (Wildman–Crippen MR) is 117 cm³/mol. The molecule has 0 bridgehead atoms. The van der Waals surface area contributed by atoms with E-state index in [0.29, 0.717) is 10.1 Å². The number of nitrogens with one attached hydrogen (secondary N) is 1. The van der Waals surface area contributed by atoms with E-state index >= 15 is 0 Å². The van der Waals surface area contributed by atoms with Crippen LogP contribution in [0.25, 0.3) is 0 Å². The van der Waals surface area contributed by atoms with Crippen molar-refractivity contribution in [3.8, 4) is 11.5 Å². The number of anilines is 2. The van der Waals surface area contributed by atoms with Gasteiger partial charge in [0.1, 0.15) is 16.4 Å². The average Bonchev–Trinajstić information content (AvgIpc) is 2.89. The number of methoxy groups -OCH3 is 1. The van der Waals surface area contributed by atoms with Crippen LogP contribution in [0.2, 0.25) is 5.02 Å². The van der Waals surface area contributed by atoms with Crippen LogP contribution in [0, 0.1) is 5.92 Å². The first kappa shape index (κ1) is 23.2. The smallest absolute Gasteiger partial charge is 0.265 e. The van der Waals surface area contributed by atoms with Crippen molar-refractivity contribution in [3.05, 3.63) is 41.4 Å². The second-order valence-corrected chi connectivity index (χ2v) is 10.7. The van der Waals surface area contributed by atoms with Gasteiger partial charge in [-0.1, -0.05) is 18.5 Å². The molecule has 1 heterocycles. The van der Waals surface area contributed by atoms with E-state index in [1.165, 1.54) is 44.4 Å². The lowest BCUT2D eigenvalue weighted by molar-refractivity contribution is -0.119. The summed E-state index contributed by atoms with van der Waals surface area (Å²) in [5.41, 5.74) is 0.0862. The van der Waals surface area contributed by atoms with Crippen molar-refractivity contribution in [2.75, 3.05) is 28.5 Å². The highest BCUT2D eigenvalue weighted by Gasteiger charge is 2.42. The summed E-state index contributed by atoms with van der Waals surface area (Å²) in [6.45, 7) is 3.35. The SMILES string of the molecule is CCOc1ccc(N2C(=O)C(C)CS2(=O)=O)cc1S(=O)(=O)Nc1ccc(OC)c(Cl)c1. The van der Waals surface area contributed by atoms with Crippen LogP contribution in [-0.2, 0) is 24.8 Å². The highest BCUT2D eigenvalue weighted by Crippen LogP contribution is 2.35. The summed E-state index contributed by atoms with van der Waals surface area (Å²) < 4.78 is 64.6. The van der Waals surface area contributed by atoms with Crippen molar-refractivity contribution in [2.45, 2.75) is 18.7 Å². The molecule has 0 aromatic heterocycles. The summed E-state index contributed by atoms with van der Waals surface area (Å²) >= 11 is 6.06. The number of benzene rings is 2. The van der Waals surface area contributed by atoms with Gasteiger partial charge in [0.25, 0.3) is 10.0 Å². The average molecular weight is 489 g/mol. The molecule has 1 amide bonds. The topological polar surface area (TPSA) is 119 Å². The van der Waals surface area contributed by atoms with Crippen molar-refractivity contribution in [2.24, 2.45) is 5.92 Å². The lowest BCUT2D eigenvalue weighted by Gasteiger charge is -2.19. The molecule has 3 rings (SSSR count). The summed E-state index contributed by atoms with van der Waals surface area (Å²) in [6.07, 6.45) is 0. The standard InChI is InChI=1S/C19H21ClN2O7S2/c1-4-29-17-8-6-14(22-19(23)12(2)11-30(22,24)25)10-18(17)31(26,27)21-13-5-7-16(28-3)15(20)9-13/h5-10,12,21H,4,11H2,1-3H3. The maximum atomic E-state index is 13.1. The number of nitrogens with zero attached hydrogens (tertiary/aromatic N) is 1. The van der Waals surface area contributed by atoms with Gasteiger partial charge in [0.15, 0.2) is 0 Å². The molecule has 1 fully saturated rings. The van der Waals surface area contributed by atoms with Gasteiger partial charge in [-0.3, -0.25) is 9.52 Å². The summed E-state index contributed by atoms with van der Waals surface area (Å²) in [4.78, 5) is 12.1. The first-order valence-corrected chi connectivity index (χ1v) is 12.7. The zero-order chi connectivity index (χ0) is 23.0. The van der Waals surface area contributed by atoms with E-state index in [4.69, 9.17) is 21.1 Å². The Balaban J connectivity index is 2.07. The Kier molecular flexibility index (Phi) is 6.40. The molecule has 31 heavy (non-hydrogen) atoms. The van der Waals surface area contributed by atoms with Gasteiger partial charge in [-0.05, 0) is 43.3 Å². The molecule has 1 N–H and O–H groups in total. The maximum absolute atomic E-state index is 13.1. The molecular formula is C19H21ClN2O7S2. The molecule has 0 saturated carbocycles. The van der Waals surface area contributed by atoms with Gasteiger partial charge in [-0.25, -0.2) is 21.1 Å². The molecule has 1 saturated heterocycles. The molecule has 12 heteroatoms. The fourth-order valence-corrected chi connectivity index (χ4v) is 6.42. The number of hydrogen-bond donors (Lipinski definition) is 1. The van der Waals surface area contributed by atoms with Crippen LogP contribution in [0.1, 0.15) is 13.8 Å². The molecule has 2 aromatic carbocycles. The normalized spacial score (nSPS) is 18.1. The van der Waals surface area contributed by atoms with E-state index in [-0.39, 0.29) is 39.4 Å². The van der Waals surface area contributed by atoms with Gasteiger partial charge >= 0.3 is 0 Å². The number of hydrogen-bond acceptors (Lipinski definition) is 7. The number of halogens is 1. The first-order chi connectivity index (χ1) is 14.5. The fourth-order valence-electron chi connectivity index (χ4n) is 3.13. The minimum atomic E-state index is -4.23. The van der Waals surface area contributed by atoms with Crippen molar-refractivity contribution < 1.29 is 31.1 Å². The van der Waals surface area contributed by atoms with E-state index in [0.717, 1.165) is 6.07 Å². The lowest BCUT2D eigenvalue weighted by Crippen LogP contribution is -2.30. The van der Waals surface area contributed by atoms with Crippen molar-refractivity contribution in [1.82, 2.24) is 0 Å². The second-order valence-electron chi connectivity index (χ2n) is 6.80. The quantitative estimate of drug-likeness (QED) is 0.636. The van der Waals surface area contributed by atoms with E-state index in [1.807, 2.05) is 0 Å². The Labute approximate surface area is 186 Å². The summed E-state index contributed by atoms with van der Waals surface area (Å²) in [5, 5.41) is 0.198. The summed E-state index contributed by atoms with van der Waals surface area (Å²) in [6, 6.07) is 8.09. The summed E-state index contributed by atoms with van der Waals surface area (Å²) in [5.74, 6) is -1.31. The predicted octanol–water partition coefficient (Wildman–Crippen LogP) is 2.86. The van der Waals surface area contributed by atoms with E-state index in [1.54, 1.807) is 6.92 Å². The number of sulfonamides is 2. The van der Waals surface area contributed by atoms with Gasteiger partial charge < -0.3 is 9.47 Å². The van der Waals surface area contributed by atoms with Gasteiger partial charge in [-0.2, -0.15) is 0 Å². The number of rotatable bonds is 7. The minimum absolute atomic E-state index is 0.00968. The monoisotopic (exact) mass is 488 g/mol. The molecule has 2 aromatic rings. The maximum Gasteiger partial charge on any atom is 0.265 e. The second kappa shape index (κ2) is 8.56. The van der Waals surface area contributed by atoms with Crippen LogP contribution in [-0.4, -0.2) is 42.2 Å². The van der Waals surface area contributed by atoms with Gasteiger partial charge in [0, 0.05) is 0 Å². The Bertz CT molecular complexity index is 1230. The summed E-state index contributed by atoms with van der Waals surface area (Å²) in [7, 11) is -6.70. The van der Waals surface area contributed by atoms with Crippen LogP contribution in [0.3, 0.4) is 0 Å². The third-order valence-electron chi connectivity index (χ3n) is 4.52. The van der Waals surface area contributed by atoms with Gasteiger partial charge in [0.05, 0.1) is 41.8 Å². The molecule has 1 atom stereocenters. The van der Waals surface area contributed by atoms with Gasteiger partial charge in [-0.15, -0.1) is 0 Å². The molecule has 0 radical (unpaired) electrons. The first-order valence-electron chi connectivity index (χ1n) is 9.20. The van der Waals surface area contributed by atoms with Crippen LogP contribution < -0.4 is 18.5 Å². The minimum Gasteiger partial charge on any atom is -0.495 e. The number of amides is 1. The lowest BCUT2D eigenvalue weighted by atomic mass is 10.2. The van der Waals surface area contributed by atoms with Crippen molar-refractivity contribution in [3.63, 3.8) is 0 Å². The third kappa shape index (κ3) is 4.58. The molecule has 0 spiro atoms. The largest absolute Gasteiger partial charge is 0.495 e. The number of carbonyl (C=O) groups is 1. The van der Waals surface area contributed by atoms with E-state index in [2.05, 4.69) is 4.72 Å². The molecule has 1 aliphatic heterocycles. The highest BCUT2D eigenvalue weighted by atomic mass is 35.5. The van der Waals surface area contributed by atoms with Crippen LogP contribution in [0.4, 0.5) is 11.4 Å². The van der Waals surface area contributed by atoms with Crippen LogP contribution in [0.15, 0.2) is 41.3 Å². The molecule has 1 unspecified atom stereocenters. The third-order valence-corrected chi connectivity index (χ3v) is 8.08. The fraction of sp³-hybridized carbons (Fsp3) is 0.316. The zero-order valence-corrected chi connectivity index (χ0v) is 19.3. The van der Waals surface area contributed by atoms with E-state index in [9.17, 15) is 21.6 Å². The Morgan fingerprint density at radius 2 is 1.87 bits per heavy atom. The number of ether oxygens (including phenoxy) is 2. The van der Waals surface area contributed by atoms with Gasteiger partial charge in [0.2, 0.25) is 15.9 Å². The zero-order valence-electron chi connectivity index (χ0n) is 17.0.